The minimum Gasteiger partial charge on any atom is -0.493 e. The fraction of sp³-hybridized carbons (Fsp3) is 0.182. The van der Waals surface area contributed by atoms with Crippen LogP contribution < -0.4 is 14.8 Å². The fourth-order valence-electron chi connectivity index (χ4n) is 2.63. The summed E-state index contributed by atoms with van der Waals surface area (Å²) in [5.41, 5.74) is 4.32. The SMILES string of the molecule is COc1cc(CNc2ccc(C)cc2)cc(I)c1OCc1ccc(F)cc1. The van der Waals surface area contributed by atoms with Crippen molar-refractivity contribution in [1.29, 1.82) is 0 Å². The maximum absolute atomic E-state index is 13.0. The number of benzene rings is 3. The predicted molar refractivity (Wildman–Crippen MR) is 115 cm³/mol. The van der Waals surface area contributed by atoms with Gasteiger partial charge in [-0.15, -0.1) is 0 Å². The van der Waals surface area contributed by atoms with Crippen molar-refractivity contribution in [3.8, 4) is 11.5 Å². The molecular formula is C22H21FINO2. The first-order chi connectivity index (χ1) is 13.0. The number of nitrogens with one attached hydrogen (secondary N) is 1. The fourth-order valence-corrected chi connectivity index (χ4v) is 3.45. The Morgan fingerprint density at radius 2 is 1.67 bits per heavy atom. The molecule has 5 heteroatoms. The predicted octanol–water partition coefficient (Wildman–Crippen LogP) is 5.94. The van der Waals surface area contributed by atoms with E-state index < -0.39 is 0 Å². The number of aryl methyl sites for hydroxylation is 1. The molecule has 0 spiro atoms. The molecule has 0 heterocycles. The van der Waals surface area contributed by atoms with Gasteiger partial charge in [-0.3, -0.25) is 0 Å². The first-order valence-corrected chi connectivity index (χ1v) is 9.67. The molecule has 0 saturated heterocycles. The molecule has 0 bridgehead atoms. The summed E-state index contributed by atoms with van der Waals surface area (Å²) in [6, 6.07) is 18.6. The van der Waals surface area contributed by atoms with Crippen molar-refractivity contribution in [1.82, 2.24) is 0 Å². The average molecular weight is 477 g/mol. The van der Waals surface area contributed by atoms with Gasteiger partial charge in [-0.25, -0.2) is 4.39 Å². The zero-order valence-electron chi connectivity index (χ0n) is 15.3. The lowest BCUT2D eigenvalue weighted by Gasteiger charge is -2.15. The molecule has 0 aliphatic rings. The first kappa shape index (κ1) is 19.5. The van der Waals surface area contributed by atoms with E-state index in [0.29, 0.717) is 24.7 Å². The molecule has 1 N–H and O–H groups in total. The molecule has 0 aliphatic heterocycles. The maximum atomic E-state index is 13.0. The van der Waals surface area contributed by atoms with Crippen LogP contribution in [0.25, 0.3) is 0 Å². The largest absolute Gasteiger partial charge is 0.493 e. The van der Waals surface area contributed by atoms with Gasteiger partial charge in [0.1, 0.15) is 12.4 Å². The Kier molecular flexibility index (Phi) is 6.55. The van der Waals surface area contributed by atoms with Crippen LogP contribution in [0.15, 0.2) is 60.7 Å². The Balaban J connectivity index is 1.70. The minimum absolute atomic E-state index is 0.253. The zero-order valence-corrected chi connectivity index (χ0v) is 17.4. The minimum atomic E-state index is -0.253. The van der Waals surface area contributed by atoms with Crippen molar-refractivity contribution < 1.29 is 13.9 Å². The van der Waals surface area contributed by atoms with Crippen molar-refractivity contribution in [2.45, 2.75) is 20.1 Å². The lowest BCUT2D eigenvalue weighted by atomic mass is 10.2. The highest BCUT2D eigenvalue weighted by atomic mass is 127. The first-order valence-electron chi connectivity index (χ1n) is 8.59. The Bertz CT molecular complexity index is 895. The third kappa shape index (κ3) is 5.35. The van der Waals surface area contributed by atoms with E-state index in [4.69, 9.17) is 9.47 Å². The number of hydrogen-bond acceptors (Lipinski definition) is 3. The second-order valence-electron chi connectivity index (χ2n) is 6.24. The van der Waals surface area contributed by atoms with Gasteiger partial charge in [-0.1, -0.05) is 29.8 Å². The molecule has 0 aliphatic carbocycles. The quantitative estimate of drug-likeness (QED) is 0.428. The molecule has 0 atom stereocenters. The van der Waals surface area contributed by atoms with Crippen LogP contribution >= 0.6 is 22.6 Å². The van der Waals surface area contributed by atoms with E-state index in [1.54, 1.807) is 19.2 Å². The maximum Gasteiger partial charge on any atom is 0.174 e. The van der Waals surface area contributed by atoms with Crippen LogP contribution in [0.4, 0.5) is 10.1 Å². The Morgan fingerprint density at radius 3 is 2.33 bits per heavy atom. The van der Waals surface area contributed by atoms with E-state index in [2.05, 4.69) is 65.2 Å². The van der Waals surface area contributed by atoms with Crippen LogP contribution in [0.5, 0.6) is 11.5 Å². The third-order valence-electron chi connectivity index (χ3n) is 4.13. The molecule has 0 unspecified atom stereocenters. The van der Waals surface area contributed by atoms with Crippen LogP contribution in [-0.2, 0) is 13.2 Å². The number of anilines is 1. The highest BCUT2D eigenvalue weighted by molar-refractivity contribution is 14.1. The number of ether oxygens (including phenoxy) is 2. The lowest BCUT2D eigenvalue weighted by molar-refractivity contribution is 0.282. The van der Waals surface area contributed by atoms with Gasteiger partial charge in [0.15, 0.2) is 11.5 Å². The summed E-state index contributed by atoms with van der Waals surface area (Å²) >= 11 is 2.25. The van der Waals surface area contributed by atoms with E-state index in [0.717, 1.165) is 20.4 Å². The Labute approximate surface area is 172 Å². The van der Waals surface area contributed by atoms with Crippen molar-refractivity contribution in [3.05, 3.63) is 86.7 Å². The van der Waals surface area contributed by atoms with Gasteiger partial charge < -0.3 is 14.8 Å². The van der Waals surface area contributed by atoms with Gasteiger partial charge in [0, 0.05) is 12.2 Å². The van der Waals surface area contributed by atoms with Gasteiger partial charge >= 0.3 is 0 Å². The highest BCUT2D eigenvalue weighted by Gasteiger charge is 2.12. The topological polar surface area (TPSA) is 30.5 Å². The number of methoxy groups -OCH3 is 1. The normalized spacial score (nSPS) is 10.5. The summed E-state index contributed by atoms with van der Waals surface area (Å²) < 4.78 is 25.5. The Morgan fingerprint density at radius 1 is 0.963 bits per heavy atom. The van der Waals surface area contributed by atoms with Gasteiger partial charge in [0.05, 0.1) is 10.7 Å². The second-order valence-corrected chi connectivity index (χ2v) is 7.41. The summed E-state index contributed by atoms with van der Waals surface area (Å²) in [4.78, 5) is 0. The molecule has 0 saturated carbocycles. The molecule has 3 aromatic carbocycles. The van der Waals surface area contributed by atoms with Crippen LogP contribution in [0, 0.1) is 16.3 Å². The number of halogens is 2. The molecule has 3 nitrogen and oxygen atoms in total. The highest BCUT2D eigenvalue weighted by Crippen LogP contribution is 2.34. The smallest absolute Gasteiger partial charge is 0.174 e. The molecule has 0 fully saturated rings. The van der Waals surface area contributed by atoms with Crippen molar-refractivity contribution in [2.75, 3.05) is 12.4 Å². The average Bonchev–Trinajstić information content (AvgIpc) is 2.67. The lowest BCUT2D eigenvalue weighted by Crippen LogP contribution is -2.03. The standard InChI is InChI=1S/C22H21FINO2/c1-15-3-9-19(10-4-15)25-13-17-11-20(24)22(21(12-17)26-2)27-14-16-5-7-18(23)8-6-16/h3-12,25H,13-14H2,1-2H3. The summed E-state index contributed by atoms with van der Waals surface area (Å²) in [6.07, 6.45) is 0. The Hall–Kier alpha value is -2.28. The summed E-state index contributed by atoms with van der Waals surface area (Å²) in [7, 11) is 1.63. The second kappa shape index (κ2) is 9.08. The van der Waals surface area contributed by atoms with E-state index in [-0.39, 0.29) is 5.82 Å². The summed E-state index contributed by atoms with van der Waals surface area (Å²) in [5, 5.41) is 3.41. The van der Waals surface area contributed by atoms with Gasteiger partial charge in [0.25, 0.3) is 0 Å². The zero-order chi connectivity index (χ0) is 19.2. The monoisotopic (exact) mass is 477 g/mol. The van der Waals surface area contributed by atoms with Gasteiger partial charge in [-0.2, -0.15) is 0 Å². The molecule has 27 heavy (non-hydrogen) atoms. The molecule has 3 rings (SSSR count). The summed E-state index contributed by atoms with van der Waals surface area (Å²) in [5.74, 6) is 1.13. The molecular weight excluding hydrogens is 456 g/mol. The van der Waals surface area contributed by atoms with Crippen LogP contribution in [0.1, 0.15) is 16.7 Å². The third-order valence-corrected chi connectivity index (χ3v) is 4.94. The van der Waals surface area contributed by atoms with Crippen LogP contribution in [0.3, 0.4) is 0 Å². The van der Waals surface area contributed by atoms with E-state index >= 15 is 0 Å². The molecule has 3 aromatic rings. The van der Waals surface area contributed by atoms with Crippen molar-refractivity contribution >= 4 is 28.3 Å². The van der Waals surface area contributed by atoms with Crippen LogP contribution in [-0.4, -0.2) is 7.11 Å². The van der Waals surface area contributed by atoms with E-state index in [9.17, 15) is 4.39 Å². The molecule has 0 aromatic heterocycles. The summed E-state index contributed by atoms with van der Waals surface area (Å²) in [6.45, 7) is 3.11. The van der Waals surface area contributed by atoms with E-state index in [1.165, 1.54) is 17.7 Å². The van der Waals surface area contributed by atoms with E-state index in [1.807, 2.05) is 6.07 Å². The van der Waals surface area contributed by atoms with Crippen molar-refractivity contribution in [2.24, 2.45) is 0 Å². The van der Waals surface area contributed by atoms with Gasteiger partial charge in [-0.05, 0) is 77.0 Å². The molecule has 140 valence electrons. The van der Waals surface area contributed by atoms with Crippen molar-refractivity contribution in [3.63, 3.8) is 0 Å². The molecule has 0 amide bonds. The number of rotatable bonds is 7. The molecule has 0 radical (unpaired) electrons. The van der Waals surface area contributed by atoms with Crippen LogP contribution in [0.2, 0.25) is 0 Å². The van der Waals surface area contributed by atoms with Gasteiger partial charge in [0.2, 0.25) is 0 Å². The number of hydrogen-bond donors (Lipinski definition) is 1.